The first-order valence-electron chi connectivity index (χ1n) is 2.54. The summed E-state index contributed by atoms with van der Waals surface area (Å²) in [5.74, 6) is 0. The molecule has 0 nitrogen and oxygen atoms in total. The quantitative estimate of drug-likeness (QED) is 0.431. The molecule has 1 aromatic rings. The Balaban J connectivity index is 2.85. The summed E-state index contributed by atoms with van der Waals surface area (Å²) in [7, 11) is -2.24. The van der Waals surface area contributed by atoms with Crippen molar-refractivity contribution in [1.82, 2.24) is 0 Å². The molecule has 0 aliphatic heterocycles. The van der Waals surface area contributed by atoms with E-state index in [-0.39, 0.29) is 0 Å². The lowest BCUT2D eigenvalue weighted by atomic mass is 10.4. The van der Waals surface area contributed by atoms with Gasteiger partial charge in [0.1, 0.15) is 0 Å². The van der Waals surface area contributed by atoms with Crippen LogP contribution in [0.5, 0.6) is 0 Å². The fourth-order valence-electron chi connectivity index (χ4n) is 0.564. The van der Waals surface area contributed by atoms with E-state index < -0.39 is 8.44 Å². The zero-order valence-electron chi connectivity index (χ0n) is 4.64. The lowest BCUT2D eigenvalue weighted by molar-refractivity contribution is 0.875. The Morgan fingerprint density at radius 3 is 2.11 bits per heavy atom. The lowest BCUT2D eigenvalue weighted by Gasteiger charge is -1.92. The molecule has 0 amide bonds. The Morgan fingerprint density at radius 2 is 1.78 bits per heavy atom. The average molecular weight is 160 g/mol. The molecule has 0 aliphatic carbocycles. The van der Waals surface area contributed by atoms with Crippen molar-refractivity contribution in [2.24, 2.45) is 0 Å². The fourth-order valence-corrected chi connectivity index (χ4v) is 1.39. The SMILES string of the molecule is F[Si](Cl)c1ccccc1. The number of hydrogen-bond acceptors (Lipinski definition) is 0. The standard InChI is InChI=1S/C6H5ClFSi/c7-9(8)6-4-2-1-3-5-6/h1-5H. The van der Waals surface area contributed by atoms with E-state index in [1.807, 2.05) is 6.07 Å². The normalized spacial score (nSPS) is 10.1. The van der Waals surface area contributed by atoms with E-state index >= 15 is 0 Å². The van der Waals surface area contributed by atoms with Crippen molar-refractivity contribution >= 4 is 24.7 Å². The minimum absolute atomic E-state index is 0.615. The maximum absolute atomic E-state index is 12.3. The van der Waals surface area contributed by atoms with Crippen LogP contribution in [0.25, 0.3) is 0 Å². The van der Waals surface area contributed by atoms with Crippen LogP contribution in [0.2, 0.25) is 0 Å². The summed E-state index contributed by atoms with van der Waals surface area (Å²) < 4.78 is 12.3. The number of hydrogen-bond donors (Lipinski definition) is 0. The smallest absolute Gasteiger partial charge is 0.286 e. The highest BCUT2D eigenvalue weighted by molar-refractivity contribution is 7.10. The molecule has 0 saturated carbocycles. The Bertz CT molecular complexity index is 176. The molecule has 0 atom stereocenters. The zero-order valence-corrected chi connectivity index (χ0v) is 6.40. The van der Waals surface area contributed by atoms with Crippen LogP contribution in [0.3, 0.4) is 0 Å². The summed E-state index contributed by atoms with van der Waals surface area (Å²) in [6.07, 6.45) is 0. The number of rotatable bonds is 1. The van der Waals surface area contributed by atoms with Crippen molar-refractivity contribution in [1.29, 1.82) is 0 Å². The molecule has 3 heteroatoms. The van der Waals surface area contributed by atoms with Crippen LogP contribution in [0, 0.1) is 0 Å². The van der Waals surface area contributed by atoms with E-state index in [1.165, 1.54) is 0 Å². The fraction of sp³-hybridized carbons (Fsp3) is 0. The summed E-state index contributed by atoms with van der Waals surface area (Å²) in [6.45, 7) is 0. The van der Waals surface area contributed by atoms with Crippen LogP contribution in [0.15, 0.2) is 30.3 Å². The van der Waals surface area contributed by atoms with Gasteiger partial charge in [-0.05, 0) is 5.19 Å². The molecule has 0 fully saturated rings. The average Bonchev–Trinajstić information content (AvgIpc) is 1.90. The predicted octanol–water partition coefficient (Wildman–Crippen LogP) is 1.59. The minimum atomic E-state index is -2.24. The first kappa shape index (κ1) is 6.77. The highest BCUT2D eigenvalue weighted by Crippen LogP contribution is 1.92. The van der Waals surface area contributed by atoms with E-state index in [9.17, 15) is 4.11 Å². The summed E-state index contributed by atoms with van der Waals surface area (Å²) in [4.78, 5) is 0. The van der Waals surface area contributed by atoms with Gasteiger partial charge in [-0.3, -0.25) is 4.11 Å². The maximum Gasteiger partial charge on any atom is 0.411 e. The number of halogens is 2. The van der Waals surface area contributed by atoms with E-state index in [4.69, 9.17) is 11.1 Å². The predicted molar refractivity (Wildman–Crippen MR) is 38.8 cm³/mol. The second kappa shape index (κ2) is 2.99. The highest BCUT2D eigenvalue weighted by Gasteiger charge is 2.07. The first-order chi connectivity index (χ1) is 4.30. The molecule has 0 heterocycles. The van der Waals surface area contributed by atoms with Gasteiger partial charge in [0.25, 0.3) is 0 Å². The van der Waals surface area contributed by atoms with Gasteiger partial charge in [0, 0.05) is 0 Å². The van der Waals surface area contributed by atoms with Gasteiger partial charge in [-0.2, -0.15) is 0 Å². The second-order valence-electron chi connectivity index (χ2n) is 1.63. The molecule has 9 heavy (non-hydrogen) atoms. The molecule has 0 bridgehead atoms. The summed E-state index contributed by atoms with van der Waals surface area (Å²) >= 11 is 5.24. The molecule has 47 valence electrons. The minimum Gasteiger partial charge on any atom is -0.286 e. The van der Waals surface area contributed by atoms with Gasteiger partial charge in [-0.1, -0.05) is 30.3 Å². The van der Waals surface area contributed by atoms with Crippen LogP contribution in [-0.2, 0) is 0 Å². The zero-order chi connectivity index (χ0) is 6.69. The molecule has 0 spiro atoms. The van der Waals surface area contributed by atoms with Crippen LogP contribution in [0.1, 0.15) is 0 Å². The van der Waals surface area contributed by atoms with Gasteiger partial charge in [-0.15, -0.1) is 11.1 Å². The van der Waals surface area contributed by atoms with E-state index in [1.54, 1.807) is 24.3 Å². The van der Waals surface area contributed by atoms with Gasteiger partial charge in [0.05, 0.1) is 0 Å². The van der Waals surface area contributed by atoms with Gasteiger partial charge in [0.15, 0.2) is 0 Å². The van der Waals surface area contributed by atoms with Gasteiger partial charge in [-0.25, -0.2) is 0 Å². The Hall–Kier alpha value is -0.343. The Kier molecular flexibility index (Phi) is 2.25. The van der Waals surface area contributed by atoms with Crippen molar-refractivity contribution in [3.63, 3.8) is 0 Å². The third-order valence-electron chi connectivity index (χ3n) is 0.992. The van der Waals surface area contributed by atoms with Crippen LogP contribution in [-0.4, -0.2) is 8.44 Å². The lowest BCUT2D eigenvalue weighted by Crippen LogP contribution is -2.17. The van der Waals surface area contributed by atoms with Gasteiger partial charge < -0.3 is 0 Å². The van der Waals surface area contributed by atoms with E-state index in [2.05, 4.69) is 0 Å². The third-order valence-corrected chi connectivity index (χ3v) is 2.42. The molecule has 0 aromatic heterocycles. The maximum atomic E-state index is 12.3. The Labute approximate surface area is 59.8 Å². The van der Waals surface area contributed by atoms with E-state index in [0.717, 1.165) is 0 Å². The van der Waals surface area contributed by atoms with Crippen molar-refractivity contribution in [2.75, 3.05) is 0 Å². The summed E-state index contributed by atoms with van der Waals surface area (Å²) in [5.41, 5.74) is 0. The van der Waals surface area contributed by atoms with Crippen molar-refractivity contribution in [2.45, 2.75) is 0 Å². The molecule has 0 unspecified atom stereocenters. The monoisotopic (exact) mass is 159 g/mol. The van der Waals surface area contributed by atoms with Crippen LogP contribution in [0.4, 0.5) is 4.11 Å². The molecule has 0 aliphatic rings. The van der Waals surface area contributed by atoms with Crippen LogP contribution < -0.4 is 5.19 Å². The molecule has 0 N–H and O–H groups in total. The van der Waals surface area contributed by atoms with Gasteiger partial charge in [0.2, 0.25) is 0 Å². The van der Waals surface area contributed by atoms with Crippen molar-refractivity contribution in [3.8, 4) is 0 Å². The molecule has 0 saturated heterocycles. The summed E-state index contributed by atoms with van der Waals surface area (Å²) in [5, 5.41) is 0.615. The molecule has 1 aromatic carbocycles. The van der Waals surface area contributed by atoms with Gasteiger partial charge >= 0.3 is 8.44 Å². The first-order valence-corrected chi connectivity index (χ1v) is 4.93. The molecular weight excluding hydrogens is 155 g/mol. The van der Waals surface area contributed by atoms with E-state index in [0.29, 0.717) is 5.19 Å². The highest BCUT2D eigenvalue weighted by atomic mass is 35.6. The summed E-state index contributed by atoms with van der Waals surface area (Å²) in [6, 6.07) is 8.79. The largest absolute Gasteiger partial charge is 0.411 e. The van der Waals surface area contributed by atoms with Crippen molar-refractivity contribution < 1.29 is 4.11 Å². The molecular formula is C6H5ClFSi. The topological polar surface area (TPSA) is 0 Å². The Morgan fingerprint density at radius 1 is 1.22 bits per heavy atom. The number of benzene rings is 1. The molecule has 1 rings (SSSR count). The molecule has 1 radical (unpaired) electrons. The van der Waals surface area contributed by atoms with Crippen molar-refractivity contribution in [3.05, 3.63) is 30.3 Å². The second-order valence-corrected chi connectivity index (χ2v) is 3.72. The van der Waals surface area contributed by atoms with Crippen LogP contribution >= 0.6 is 11.1 Å². The third kappa shape index (κ3) is 1.80.